The predicted octanol–water partition coefficient (Wildman–Crippen LogP) is 4.76. The van der Waals surface area contributed by atoms with Crippen LogP contribution in [0.1, 0.15) is 30.3 Å². The standard InChI is InChI=1S/C21H20F2N2O3S/c1-3-28-20(27)9-8-19(26)25(17-7-5-4-6-13(17)2)12-18-24-16-11-14(22)10-15(23)21(16)29-18/h4-7,10-11H,3,8-9,12H2,1-2H3. The van der Waals surface area contributed by atoms with Crippen molar-refractivity contribution in [3.8, 4) is 0 Å². The second-order valence-electron chi connectivity index (χ2n) is 6.41. The fourth-order valence-electron chi connectivity index (χ4n) is 2.96. The molecule has 8 heteroatoms. The number of aryl methyl sites for hydroxylation is 1. The van der Waals surface area contributed by atoms with Crippen LogP contribution in [0, 0.1) is 18.6 Å². The van der Waals surface area contributed by atoms with E-state index in [2.05, 4.69) is 4.98 Å². The predicted molar refractivity (Wildman–Crippen MR) is 108 cm³/mol. The van der Waals surface area contributed by atoms with E-state index < -0.39 is 17.6 Å². The van der Waals surface area contributed by atoms with Gasteiger partial charge in [-0.3, -0.25) is 9.59 Å². The largest absolute Gasteiger partial charge is 0.466 e. The van der Waals surface area contributed by atoms with E-state index in [1.165, 1.54) is 11.0 Å². The number of carbonyl (C=O) groups is 2. The number of thiazole rings is 1. The highest BCUT2D eigenvalue weighted by molar-refractivity contribution is 7.18. The van der Waals surface area contributed by atoms with Crippen LogP contribution in [-0.2, 0) is 20.9 Å². The van der Waals surface area contributed by atoms with E-state index in [-0.39, 0.29) is 42.1 Å². The lowest BCUT2D eigenvalue weighted by atomic mass is 10.1. The molecule has 0 aliphatic heterocycles. The third-order valence-electron chi connectivity index (χ3n) is 4.30. The molecule has 0 unspecified atom stereocenters. The monoisotopic (exact) mass is 418 g/mol. The van der Waals surface area contributed by atoms with Gasteiger partial charge in [-0.15, -0.1) is 11.3 Å². The van der Waals surface area contributed by atoms with E-state index in [9.17, 15) is 18.4 Å². The Balaban J connectivity index is 1.89. The van der Waals surface area contributed by atoms with Crippen molar-refractivity contribution in [3.05, 3.63) is 58.6 Å². The molecule has 0 saturated heterocycles. The summed E-state index contributed by atoms with van der Waals surface area (Å²) in [5.41, 5.74) is 1.76. The number of hydrogen-bond donors (Lipinski definition) is 0. The lowest BCUT2D eigenvalue weighted by Gasteiger charge is -2.23. The Labute approximate surface area is 170 Å². The second kappa shape index (κ2) is 9.09. The molecule has 1 heterocycles. The normalized spacial score (nSPS) is 10.9. The van der Waals surface area contributed by atoms with Gasteiger partial charge in [0.15, 0.2) is 0 Å². The first-order valence-electron chi connectivity index (χ1n) is 9.15. The summed E-state index contributed by atoms with van der Waals surface area (Å²) in [5, 5.41) is 0.470. The molecule has 0 spiro atoms. The van der Waals surface area contributed by atoms with Gasteiger partial charge in [0.05, 0.1) is 29.8 Å². The van der Waals surface area contributed by atoms with Gasteiger partial charge in [0.25, 0.3) is 0 Å². The van der Waals surface area contributed by atoms with E-state index in [1.807, 2.05) is 19.1 Å². The third kappa shape index (κ3) is 4.95. The summed E-state index contributed by atoms with van der Waals surface area (Å²) in [6.45, 7) is 3.91. The van der Waals surface area contributed by atoms with E-state index >= 15 is 0 Å². The van der Waals surface area contributed by atoms with Crippen molar-refractivity contribution in [1.82, 2.24) is 4.98 Å². The minimum absolute atomic E-state index is 0.0267. The molecular weight excluding hydrogens is 398 g/mol. The van der Waals surface area contributed by atoms with Gasteiger partial charge in [-0.25, -0.2) is 13.8 Å². The number of hydrogen-bond acceptors (Lipinski definition) is 5. The maximum absolute atomic E-state index is 14.0. The molecule has 5 nitrogen and oxygen atoms in total. The van der Waals surface area contributed by atoms with E-state index in [0.29, 0.717) is 10.7 Å². The van der Waals surface area contributed by atoms with Crippen LogP contribution in [-0.4, -0.2) is 23.5 Å². The van der Waals surface area contributed by atoms with Gasteiger partial charge in [-0.2, -0.15) is 0 Å². The van der Waals surface area contributed by atoms with Crippen molar-refractivity contribution in [1.29, 1.82) is 0 Å². The van der Waals surface area contributed by atoms with Crippen molar-refractivity contribution in [2.75, 3.05) is 11.5 Å². The molecule has 0 N–H and O–H groups in total. The van der Waals surface area contributed by atoms with Gasteiger partial charge in [0, 0.05) is 24.2 Å². The number of halogens is 2. The number of para-hydroxylation sites is 1. The van der Waals surface area contributed by atoms with Crippen LogP contribution in [0.25, 0.3) is 10.2 Å². The second-order valence-corrected chi connectivity index (χ2v) is 7.50. The summed E-state index contributed by atoms with van der Waals surface area (Å²) in [7, 11) is 0. The molecule has 3 rings (SSSR count). The van der Waals surface area contributed by atoms with Gasteiger partial charge >= 0.3 is 5.97 Å². The Morgan fingerprint density at radius 1 is 1.17 bits per heavy atom. The number of rotatable bonds is 7. The SMILES string of the molecule is CCOC(=O)CCC(=O)N(Cc1nc2cc(F)cc(F)c2s1)c1ccccc1C. The van der Waals surface area contributed by atoms with Gasteiger partial charge in [-0.05, 0) is 25.5 Å². The van der Waals surface area contributed by atoms with Crippen LogP contribution in [0.5, 0.6) is 0 Å². The topological polar surface area (TPSA) is 59.5 Å². The first-order chi connectivity index (χ1) is 13.9. The number of benzene rings is 2. The average Bonchev–Trinajstić information content (AvgIpc) is 3.08. The Kier molecular flexibility index (Phi) is 6.53. The maximum atomic E-state index is 14.0. The van der Waals surface area contributed by atoms with Gasteiger partial charge in [-0.1, -0.05) is 18.2 Å². The molecular formula is C21H20F2N2O3S. The quantitative estimate of drug-likeness (QED) is 0.519. The summed E-state index contributed by atoms with van der Waals surface area (Å²) >= 11 is 1.07. The number of esters is 1. The van der Waals surface area contributed by atoms with Crippen LogP contribution < -0.4 is 4.90 Å². The van der Waals surface area contributed by atoms with Crippen LogP contribution in [0.15, 0.2) is 36.4 Å². The fraction of sp³-hybridized carbons (Fsp3) is 0.286. The number of aromatic nitrogens is 1. The molecule has 3 aromatic rings. The Morgan fingerprint density at radius 2 is 1.93 bits per heavy atom. The highest BCUT2D eigenvalue weighted by Gasteiger charge is 2.21. The average molecular weight is 418 g/mol. The zero-order chi connectivity index (χ0) is 21.0. The van der Waals surface area contributed by atoms with E-state index in [1.54, 1.807) is 19.1 Å². The molecule has 0 aliphatic rings. The van der Waals surface area contributed by atoms with Crippen molar-refractivity contribution < 1.29 is 23.1 Å². The third-order valence-corrected chi connectivity index (χ3v) is 5.37. The number of nitrogens with zero attached hydrogens (tertiary/aromatic N) is 2. The first-order valence-corrected chi connectivity index (χ1v) is 9.96. The lowest BCUT2D eigenvalue weighted by Crippen LogP contribution is -2.31. The number of fused-ring (bicyclic) bond motifs is 1. The highest BCUT2D eigenvalue weighted by Crippen LogP contribution is 2.29. The summed E-state index contributed by atoms with van der Waals surface area (Å²) in [4.78, 5) is 30.3. The molecule has 0 radical (unpaired) electrons. The zero-order valence-electron chi connectivity index (χ0n) is 16.1. The first kappa shape index (κ1) is 20.9. The molecule has 1 amide bonds. The van der Waals surface area contributed by atoms with Crippen LogP contribution in [0.3, 0.4) is 0 Å². The number of amides is 1. The lowest BCUT2D eigenvalue weighted by molar-refractivity contribution is -0.144. The minimum atomic E-state index is -0.701. The number of anilines is 1. The Morgan fingerprint density at radius 3 is 2.66 bits per heavy atom. The van der Waals surface area contributed by atoms with Gasteiger partial charge in [0.1, 0.15) is 16.6 Å². The minimum Gasteiger partial charge on any atom is -0.466 e. The molecule has 0 atom stereocenters. The van der Waals surface area contributed by atoms with Gasteiger partial charge in [0.2, 0.25) is 5.91 Å². The fourth-order valence-corrected chi connectivity index (χ4v) is 3.90. The Hall–Kier alpha value is -2.87. The van der Waals surface area contributed by atoms with Crippen molar-refractivity contribution in [2.24, 2.45) is 0 Å². The van der Waals surface area contributed by atoms with Crippen molar-refractivity contribution in [3.63, 3.8) is 0 Å². The molecule has 0 saturated carbocycles. The maximum Gasteiger partial charge on any atom is 0.306 e. The molecule has 152 valence electrons. The van der Waals surface area contributed by atoms with Crippen LogP contribution >= 0.6 is 11.3 Å². The number of ether oxygens (including phenoxy) is 1. The summed E-state index contributed by atoms with van der Waals surface area (Å²) in [6.07, 6.45) is -0.0597. The summed E-state index contributed by atoms with van der Waals surface area (Å²) in [6, 6.07) is 9.31. The Bertz CT molecular complexity index is 1050. The smallest absolute Gasteiger partial charge is 0.306 e. The summed E-state index contributed by atoms with van der Waals surface area (Å²) < 4.78 is 32.6. The molecule has 0 bridgehead atoms. The zero-order valence-corrected chi connectivity index (χ0v) is 16.9. The van der Waals surface area contributed by atoms with E-state index in [4.69, 9.17) is 4.74 Å². The molecule has 0 fully saturated rings. The molecule has 2 aromatic carbocycles. The van der Waals surface area contributed by atoms with Crippen LogP contribution in [0.2, 0.25) is 0 Å². The molecule has 0 aliphatic carbocycles. The summed E-state index contributed by atoms with van der Waals surface area (Å²) in [5.74, 6) is -2.10. The molecule has 1 aromatic heterocycles. The van der Waals surface area contributed by atoms with Crippen LogP contribution in [0.4, 0.5) is 14.5 Å². The highest BCUT2D eigenvalue weighted by atomic mass is 32.1. The molecule has 29 heavy (non-hydrogen) atoms. The van der Waals surface area contributed by atoms with Gasteiger partial charge < -0.3 is 9.64 Å². The van der Waals surface area contributed by atoms with E-state index in [0.717, 1.165) is 23.0 Å². The van der Waals surface area contributed by atoms with Crippen molar-refractivity contribution >= 4 is 39.1 Å². The number of carbonyl (C=O) groups excluding carboxylic acids is 2. The van der Waals surface area contributed by atoms with Crippen molar-refractivity contribution in [2.45, 2.75) is 33.2 Å².